The molecule has 0 radical (unpaired) electrons. The topological polar surface area (TPSA) is 81.9 Å². The molecule has 0 aliphatic rings. The van der Waals surface area contributed by atoms with Crippen molar-refractivity contribution in [2.75, 3.05) is 6.61 Å². The van der Waals surface area contributed by atoms with E-state index in [2.05, 4.69) is 25.1 Å². The number of hydrogen-bond acceptors (Lipinski definition) is 5. The van der Waals surface area contributed by atoms with E-state index in [1.807, 2.05) is 13.8 Å². The number of aromatic nitrogens is 4. The van der Waals surface area contributed by atoms with Gasteiger partial charge in [-0.2, -0.15) is 18.3 Å². The molecule has 154 valence electrons. The summed E-state index contributed by atoms with van der Waals surface area (Å²) in [4.78, 5) is 20.1. The molecule has 0 fully saturated rings. The van der Waals surface area contributed by atoms with E-state index in [9.17, 15) is 18.0 Å². The monoisotopic (exact) mass is 407 g/mol. The maximum atomic E-state index is 12.3. The van der Waals surface area contributed by atoms with Crippen molar-refractivity contribution in [1.82, 2.24) is 25.1 Å². The molecule has 10 heteroatoms. The Kier molecular flexibility index (Phi) is 6.00. The fourth-order valence-electron chi connectivity index (χ4n) is 2.77. The van der Waals surface area contributed by atoms with Crippen molar-refractivity contribution in [2.45, 2.75) is 39.0 Å². The van der Waals surface area contributed by atoms with Crippen molar-refractivity contribution in [2.24, 2.45) is 0 Å². The van der Waals surface area contributed by atoms with Crippen LogP contribution < -0.4 is 10.1 Å². The number of hydrogen-bond donors (Lipinski definition) is 1. The van der Waals surface area contributed by atoms with Crippen molar-refractivity contribution in [3.05, 3.63) is 48.0 Å². The van der Waals surface area contributed by atoms with Crippen molar-refractivity contribution >= 4 is 16.8 Å². The lowest BCUT2D eigenvalue weighted by molar-refractivity contribution is -0.154. The zero-order valence-corrected chi connectivity index (χ0v) is 15.9. The Hall–Kier alpha value is -3.17. The summed E-state index contributed by atoms with van der Waals surface area (Å²) in [5.74, 6) is -0.238. The molecule has 3 rings (SSSR count). The third-order valence-corrected chi connectivity index (χ3v) is 3.87. The predicted molar refractivity (Wildman–Crippen MR) is 99.4 cm³/mol. The first kappa shape index (κ1) is 20.6. The molecule has 0 aliphatic carbocycles. The minimum Gasteiger partial charge on any atom is -0.468 e. The number of nitrogens with zero attached hydrogens (tertiary/aromatic N) is 4. The highest BCUT2D eigenvalue weighted by molar-refractivity contribution is 5.86. The zero-order chi connectivity index (χ0) is 21.0. The largest absolute Gasteiger partial charge is 0.468 e. The van der Waals surface area contributed by atoms with Crippen molar-refractivity contribution in [1.29, 1.82) is 0 Å². The molecule has 0 aromatic carbocycles. The van der Waals surface area contributed by atoms with Crippen LogP contribution in [0.3, 0.4) is 0 Å². The Labute approximate surface area is 164 Å². The van der Waals surface area contributed by atoms with Crippen molar-refractivity contribution in [3.63, 3.8) is 0 Å². The molecule has 0 saturated heterocycles. The van der Waals surface area contributed by atoms with Crippen LogP contribution in [0.25, 0.3) is 10.9 Å². The summed E-state index contributed by atoms with van der Waals surface area (Å²) < 4.78 is 43.2. The van der Waals surface area contributed by atoms with Crippen LogP contribution in [0.1, 0.15) is 25.1 Å². The molecule has 1 amide bonds. The van der Waals surface area contributed by atoms with Gasteiger partial charge in [0.15, 0.2) is 6.61 Å². The number of alkyl halides is 3. The first-order chi connectivity index (χ1) is 13.7. The predicted octanol–water partition coefficient (Wildman–Crippen LogP) is 2.88. The van der Waals surface area contributed by atoms with Crippen LogP contribution >= 0.6 is 0 Å². The number of rotatable bonds is 7. The molecule has 3 heterocycles. The molecule has 3 aromatic rings. The molecule has 0 spiro atoms. The number of fused-ring (bicyclic) bond motifs is 1. The van der Waals surface area contributed by atoms with E-state index in [4.69, 9.17) is 0 Å². The number of nitrogens with one attached hydrogen (secondary N) is 1. The van der Waals surface area contributed by atoms with Gasteiger partial charge in [-0.3, -0.25) is 14.5 Å². The summed E-state index contributed by atoms with van der Waals surface area (Å²) >= 11 is 0. The molecule has 0 bridgehead atoms. The van der Waals surface area contributed by atoms with Crippen LogP contribution in [0.4, 0.5) is 13.2 Å². The number of carbonyl (C=O) groups is 1. The highest BCUT2D eigenvalue weighted by Crippen LogP contribution is 2.19. The minimum atomic E-state index is -4.43. The second kappa shape index (κ2) is 8.46. The maximum Gasteiger partial charge on any atom is 0.422 e. The molecular weight excluding hydrogens is 387 g/mol. The van der Waals surface area contributed by atoms with Gasteiger partial charge in [-0.1, -0.05) is 0 Å². The summed E-state index contributed by atoms with van der Waals surface area (Å²) in [5, 5.41) is 8.02. The van der Waals surface area contributed by atoms with Gasteiger partial charge in [0, 0.05) is 36.1 Å². The van der Waals surface area contributed by atoms with Gasteiger partial charge < -0.3 is 10.1 Å². The number of halogens is 3. The highest BCUT2D eigenvalue weighted by Gasteiger charge is 2.28. The molecule has 0 aliphatic heterocycles. The van der Waals surface area contributed by atoms with E-state index in [-0.39, 0.29) is 24.2 Å². The van der Waals surface area contributed by atoms with Crippen molar-refractivity contribution < 1.29 is 22.7 Å². The summed E-state index contributed by atoms with van der Waals surface area (Å²) in [5.41, 5.74) is 1.96. The second-order valence-corrected chi connectivity index (χ2v) is 6.82. The third-order valence-electron chi connectivity index (χ3n) is 3.87. The fraction of sp³-hybridized carbons (Fsp3) is 0.368. The van der Waals surface area contributed by atoms with Gasteiger partial charge in [0.05, 0.1) is 24.2 Å². The fourth-order valence-corrected chi connectivity index (χ4v) is 2.77. The SMILES string of the molecule is CC(C)NC(=O)Cc1nccc2nn(Cc3ccnc(OCC(F)(F)F)c3)cc12. The zero-order valence-electron chi connectivity index (χ0n) is 15.9. The average molecular weight is 407 g/mol. The van der Waals surface area contributed by atoms with Crippen LogP contribution in [0.15, 0.2) is 36.8 Å². The van der Waals surface area contributed by atoms with Crippen LogP contribution in [0.5, 0.6) is 5.88 Å². The van der Waals surface area contributed by atoms with Gasteiger partial charge >= 0.3 is 6.18 Å². The molecule has 0 unspecified atom stereocenters. The first-order valence-electron chi connectivity index (χ1n) is 8.94. The molecule has 0 saturated carbocycles. The minimum absolute atomic E-state index is 0.0323. The summed E-state index contributed by atoms with van der Waals surface area (Å²) in [7, 11) is 0. The van der Waals surface area contributed by atoms with Crippen LogP contribution in [-0.4, -0.2) is 44.5 Å². The van der Waals surface area contributed by atoms with Gasteiger partial charge in [0.2, 0.25) is 11.8 Å². The third kappa shape index (κ3) is 5.90. The van der Waals surface area contributed by atoms with E-state index in [0.29, 0.717) is 23.3 Å². The quantitative estimate of drug-likeness (QED) is 0.651. The van der Waals surface area contributed by atoms with Gasteiger partial charge in [-0.25, -0.2) is 4.98 Å². The normalized spacial score (nSPS) is 11.8. The first-order valence-corrected chi connectivity index (χ1v) is 8.94. The van der Waals surface area contributed by atoms with Gasteiger partial charge in [-0.05, 0) is 31.5 Å². The van der Waals surface area contributed by atoms with E-state index in [1.54, 1.807) is 29.2 Å². The van der Waals surface area contributed by atoms with Crippen LogP contribution in [-0.2, 0) is 17.8 Å². The summed E-state index contributed by atoms with van der Waals surface area (Å²) in [6, 6.07) is 4.88. The van der Waals surface area contributed by atoms with Crippen molar-refractivity contribution in [3.8, 4) is 5.88 Å². The summed E-state index contributed by atoms with van der Waals surface area (Å²) in [6.07, 6.45) is 0.437. The Bertz CT molecular complexity index is 1000. The summed E-state index contributed by atoms with van der Waals surface area (Å²) in [6.45, 7) is 2.66. The average Bonchev–Trinajstić information content (AvgIpc) is 3.02. The number of pyridine rings is 2. The molecule has 7 nitrogen and oxygen atoms in total. The molecule has 0 atom stereocenters. The second-order valence-electron chi connectivity index (χ2n) is 6.82. The van der Waals surface area contributed by atoms with Gasteiger partial charge in [0.1, 0.15) is 0 Å². The highest BCUT2D eigenvalue weighted by atomic mass is 19.4. The molecule has 1 N–H and O–H groups in total. The van der Waals surface area contributed by atoms with Gasteiger partial charge in [-0.15, -0.1) is 0 Å². The van der Waals surface area contributed by atoms with E-state index in [1.165, 1.54) is 12.3 Å². The number of carbonyl (C=O) groups excluding carboxylic acids is 1. The lowest BCUT2D eigenvalue weighted by Gasteiger charge is -2.09. The van der Waals surface area contributed by atoms with E-state index >= 15 is 0 Å². The van der Waals surface area contributed by atoms with Crippen LogP contribution in [0, 0.1) is 0 Å². The Morgan fingerprint density at radius 3 is 2.72 bits per heavy atom. The molecule has 3 aromatic heterocycles. The standard InChI is InChI=1S/C19H20F3N5O2/c1-12(2)25-17(28)8-16-14-10-27(26-15(14)4-6-23-16)9-13-3-5-24-18(7-13)29-11-19(20,21)22/h3-7,10,12H,8-9,11H2,1-2H3,(H,25,28). The maximum absolute atomic E-state index is 12.3. The Morgan fingerprint density at radius 1 is 1.24 bits per heavy atom. The molecule has 29 heavy (non-hydrogen) atoms. The molecular formula is C19H20F3N5O2. The van der Waals surface area contributed by atoms with E-state index < -0.39 is 12.8 Å². The smallest absolute Gasteiger partial charge is 0.422 e. The number of amides is 1. The van der Waals surface area contributed by atoms with E-state index in [0.717, 1.165) is 5.39 Å². The number of ether oxygens (including phenoxy) is 1. The Morgan fingerprint density at radius 2 is 2.00 bits per heavy atom. The lowest BCUT2D eigenvalue weighted by Crippen LogP contribution is -2.31. The van der Waals surface area contributed by atoms with Crippen LogP contribution in [0.2, 0.25) is 0 Å². The lowest BCUT2D eigenvalue weighted by atomic mass is 10.2. The Balaban J connectivity index is 1.76. The van der Waals surface area contributed by atoms with Gasteiger partial charge in [0.25, 0.3) is 0 Å².